The van der Waals surface area contributed by atoms with E-state index in [4.69, 9.17) is 16.3 Å². The lowest BCUT2D eigenvalue weighted by Crippen LogP contribution is -2.50. The smallest absolute Gasteiger partial charge is 0.389 e. The molecular formula is C17H15ClF3NO5. The largest absolute Gasteiger partial charge is 0.468 e. The van der Waals surface area contributed by atoms with Crippen LogP contribution in [0.5, 0.6) is 5.75 Å². The van der Waals surface area contributed by atoms with Gasteiger partial charge in [-0.1, -0.05) is 11.6 Å². The quantitative estimate of drug-likeness (QED) is 0.615. The average molecular weight is 406 g/mol. The summed E-state index contributed by atoms with van der Waals surface area (Å²) in [4.78, 5) is 37.8. The molecule has 10 heteroatoms. The number of nitrogens with one attached hydrogen (secondary N) is 1. The van der Waals surface area contributed by atoms with Gasteiger partial charge >= 0.3 is 12.1 Å². The maximum atomic E-state index is 12.8. The fraction of sp³-hybridized carbons (Fsp3) is 0.471. The topological polar surface area (TPSA) is 81.7 Å². The molecule has 1 fully saturated rings. The summed E-state index contributed by atoms with van der Waals surface area (Å²) in [6.45, 7) is 0. The molecular weight excluding hydrogens is 391 g/mol. The fourth-order valence-electron chi connectivity index (χ4n) is 3.53. The van der Waals surface area contributed by atoms with Gasteiger partial charge in [0.2, 0.25) is 17.4 Å². The summed E-state index contributed by atoms with van der Waals surface area (Å²) in [6, 6.07) is 4.29. The Bertz CT molecular complexity index is 827. The second kappa shape index (κ2) is 6.40. The van der Waals surface area contributed by atoms with E-state index in [9.17, 15) is 27.6 Å². The summed E-state index contributed by atoms with van der Waals surface area (Å²) in [5, 5.41) is 2.64. The first-order valence-corrected chi connectivity index (χ1v) is 8.42. The van der Waals surface area contributed by atoms with Crippen molar-refractivity contribution in [1.29, 1.82) is 0 Å². The molecule has 2 atom stereocenters. The number of amides is 1. The second-order valence-corrected chi connectivity index (χ2v) is 7.01. The van der Waals surface area contributed by atoms with Gasteiger partial charge in [0.15, 0.2) is 5.41 Å². The summed E-state index contributed by atoms with van der Waals surface area (Å²) >= 11 is 5.88. The van der Waals surface area contributed by atoms with E-state index in [1.165, 1.54) is 18.2 Å². The average Bonchev–Trinajstić information content (AvgIpc) is 3.01. The minimum absolute atomic E-state index is 0.124. The third-order valence-corrected chi connectivity index (χ3v) is 5.01. The molecule has 0 aliphatic carbocycles. The number of benzene rings is 1. The monoisotopic (exact) mass is 405 g/mol. The maximum absolute atomic E-state index is 12.8. The number of Topliss-reactive ketones (excluding diaryl/α,β-unsaturated/α-hetero) is 1. The van der Waals surface area contributed by atoms with Crippen LogP contribution in [-0.4, -0.2) is 36.7 Å². The highest BCUT2D eigenvalue weighted by Crippen LogP contribution is 2.48. The Kier molecular flexibility index (Phi) is 4.62. The summed E-state index contributed by atoms with van der Waals surface area (Å²) < 4.78 is 47.8. The number of methoxy groups -OCH3 is 1. The highest BCUT2D eigenvalue weighted by atomic mass is 35.5. The van der Waals surface area contributed by atoms with Crippen LogP contribution in [0.3, 0.4) is 0 Å². The first-order valence-electron chi connectivity index (χ1n) is 8.04. The predicted molar refractivity (Wildman–Crippen MR) is 86.3 cm³/mol. The van der Waals surface area contributed by atoms with Crippen molar-refractivity contribution in [3.05, 3.63) is 28.8 Å². The second-order valence-electron chi connectivity index (χ2n) is 6.57. The number of ether oxygens (including phenoxy) is 2. The number of hydrogen-bond donors (Lipinski definition) is 1. The van der Waals surface area contributed by atoms with Gasteiger partial charge in [-0.15, -0.1) is 0 Å². The van der Waals surface area contributed by atoms with Crippen LogP contribution in [0.1, 0.15) is 36.0 Å². The normalized spacial score (nSPS) is 26.7. The molecule has 1 aromatic carbocycles. The highest BCUT2D eigenvalue weighted by Gasteiger charge is 2.66. The van der Waals surface area contributed by atoms with E-state index in [0.29, 0.717) is 0 Å². The number of hydrogen-bond acceptors (Lipinski definition) is 5. The Balaban J connectivity index is 1.91. The Hall–Kier alpha value is -2.29. The molecule has 2 aliphatic heterocycles. The minimum Gasteiger partial charge on any atom is -0.468 e. The summed E-state index contributed by atoms with van der Waals surface area (Å²) in [6.07, 6.45) is -6.97. The Labute approximate surface area is 156 Å². The predicted octanol–water partition coefficient (Wildman–Crippen LogP) is 3.02. The molecule has 1 saturated heterocycles. The van der Waals surface area contributed by atoms with Crippen molar-refractivity contribution in [2.45, 2.75) is 37.6 Å². The fourth-order valence-corrected chi connectivity index (χ4v) is 3.70. The van der Waals surface area contributed by atoms with Crippen molar-refractivity contribution >= 4 is 29.3 Å². The highest BCUT2D eigenvalue weighted by molar-refractivity contribution is 6.31. The molecule has 3 rings (SSSR count). The van der Waals surface area contributed by atoms with Gasteiger partial charge in [0, 0.05) is 17.9 Å². The van der Waals surface area contributed by atoms with Crippen molar-refractivity contribution in [3.8, 4) is 5.75 Å². The van der Waals surface area contributed by atoms with Crippen LogP contribution < -0.4 is 10.1 Å². The number of carbonyl (C=O) groups is 3. The molecule has 0 unspecified atom stereocenters. The first kappa shape index (κ1) is 19.5. The molecule has 27 heavy (non-hydrogen) atoms. The molecule has 2 aliphatic rings. The van der Waals surface area contributed by atoms with Crippen LogP contribution in [0.4, 0.5) is 13.2 Å². The number of carbonyl (C=O) groups excluding carboxylic acids is 3. The van der Waals surface area contributed by atoms with Crippen molar-refractivity contribution in [2.75, 3.05) is 7.11 Å². The number of esters is 1. The lowest BCUT2D eigenvalue weighted by molar-refractivity contribution is -0.160. The maximum Gasteiger partial charge on any atom is 0.389 e. The number of ketones is 1. The Morgan fingerprint density at radius 1 is 1.37 bits per heavy atom. The van der Waals surface area contributed by atoms with Gasteiger partial charge in [0.05, 0.1) is 12.7 Å². The van der Waals surface area contributed by atoms with Gasteiger partial charge in [-0.2, -0.15) is 13.2 Å². The van der Waals surface area contributed by atoms with Gasteiger partial charge in [-0.05, 0) is 31.0 Å². The van der Waals surface area contributed by atoms with Gasteiger partial charge < -0.3 is 14.8 Å². The summed E-state index contributed by atoms with van der Waals surface area (Å²) in [5.41, 5.74) is -3.68. The van der Waals surface area contributed by atoms with Gasteiger partial charge in [-0.3, -0.25) is 14.4 Å². The third kappa shape index (κ3) is 3.24. The molecule has 0 aromatic heterocycles. The van der Waals surface area contributed by atoms with E-state index in [-0.39, 0.29) is 16.3 Å². The van der Waals surface area contributed by atoms with E-state index in [0.717, 1.165) is 7.11 Å². The van der Waals surface area contributed by atoms with Crippen LogP contribution in [-0.2, 0) is 14.3 Å². The molecule has 1 spiro atoms. The number of rotatable bonds is 4. The third-order valence-electron chi connectivity index (χ3n) is 4.78. The minimum atomic E-state index is -4.43. The molecule has 1 N–H and O–H groups in total. The first-order chi connectivity index (χ1) is 12.5. The van der Waals surface area contributed by atoms with E-state index >= 15 is 0 Å². The standard InChI is InChI=1S/C17H15ClF3NO5/c1-26-14(25)15(5-2-6-17(19,20)21)8-16(22-13(15)24)12(23)10-7-9(18)3-4-11(10)27-16/h3-4,7H,2,5-6,8H2,1H3,(H,22,24)/t15-,16+/m1/s1. The van der Waals surface area contributed by atoms with Crippen molar-refractivity contribution in [1.82, 2.24) is 5.32 Å². The van der Waals surface area contributed by atoms with Crippen molar-refractivity contribution in [3.63, 3.8) is 0 Å². The Morgan fingerprint density at radius 3 is 2.70 bits per heavy atom. The molecule has 0 radical (unpaired) electrons. The molecule has 2 heterocycles. The lowest BCUT2D eigenvalue weighted by Gasteiger charge is -2.25. The number of alkyl halides is 3. The number of halogens is 4. The van der Waals surface area contributed by atoms with E-state index in [2.05, 4.69) is 10.1 Å². The van der Waals surface area contributed by atoms with Crippen LogP contribution in [0.25, 0.3) is 0 Å². The SMILES string of the molecule is COC(=O)[C@]1(CCCC(F)(F)F)C[C@]2(NC1=O)Oc1ccc(Cl)cc1C2=O. The summed E-state index contributed by atoms with van der Waals surface area (Å²) in [5.74, 6) is -2.36. The van der Waals surface area contributed by atoms with Crippen LogP contribution in [0, 0.1) is 5.41 Å². The molecule has 1 aromatic rings. The molecule has 6 nitrogen and oxygen atoms in total. The van der Waals surface area contributed by atoms with Gasteiger partial charge in [-0.25, -0.2) is 0 Å². The van der Waals surface area contributed by atoms with Crippen LogP contribution in [0.2, 0.25) is 5.02 Å². The molecule has 0 bridgehead atoms. The van der Waals surface area contributed by atoms with E-state index in [1.807, 2.05) is 0 Å². The molecule has 1 amide bonds. The van der Waals surface area contributed by atoms with Gasteiger partial charge in [0.1, 0.15) is 5.75 Å². The molecule has 146 valence electrons. The van der Waals surface area contributed by atoms with E-state index < -0.39 is 60.7 Å². The number of fused-ring (bicyclic) bond motifs is 1. The van der Waals surface area contributed by atoms with Crippen LogP contribution in [0.15, 0.2) is 18.2 Å². The zero-order chi connectivity index (χ0) is 20.0. The Morgan fingerprint density at radius 2 is 2.07 bits per heavy atom. The zero-order valence-corrected chi connectivity index (χ0v) is 14.9. The zero-order valence-electron chi connectivity index (χ0n) is 14.1. The van der Waals surface area contributed by atoms with Crippen LogP contribution >= 0.6 is 11.6 Å². The summed E-state index contributed by atoms with van der Waals surface area (Å²) in [7, 11) is 1.03. The van der Waals surface area contributed by atoms with Crippen molar-refractivity contribution in [2.24, 2.45) is 5.41 Å². The van der Waals surface area contributed by atoms with E-state index in [1.54, 1.807) is 0 Å². The van der Waals surface area contributed by atoms with Crippen molar-refractivity contribution < 1.29 is 37.0 Å². The lowest BCUT2D eigenvalue weighted by atomic mass is 9.78. The molecule has 0 saturated carbocycles. The van der Waals surface area contributed by atoms with Gasteiger partial charge in [0.25, 0.3) is 0 Å².